The fourth-order valence-corrected chi connectivity index (χ4v) is 2.26. The number of fused-ring (bicyclic) bond motifs is 1. The average molecular weight is 290 g/mol. The second kappa shape index (κ2) is 4.50. The zero-order valence-electron chi connectivity index (χ0n) is 10.0. The number of rotatable bonds is 2. The van der Waals surface area contributed by atoms with Crippen molar-refractivity contribution in [3.05, 3.63) is 51.5 Å². The number of halogens is 1. The van der Waals surface area contributed by atoms with Crippen LogP contribution in [0.15, 0.2) is 36.4 Å². The lowest BCUT2D eigenvalue weighted by molar-refractivity contribution is -0.384. The number of nitrogens with zero attached hydrogens (tertiary/aromatic N) is 2. The Morgan fingerprint density at radius 3 is 2.70 bits per heavy atom. The van der Waals surface area contributed by atoms with Gasteiger partial charge in [-0.15, -0.1) is 0 Å². The molecule has 0 spiro atoms. The molecule has 2 aromatic carbocycles. The number of para-hydroxylation sites is 2. The highest BCUT2D eigenvalue weighted by Crippen LogP contribution is 2.41. The third kappa shape index (κ3) is 1.86. The van der Waals surface area contributed by atoms with E-state index in [1.807, 2.05) is 6.07 Å². The lowest BCUT2D eigenvalue weighted by Crippen LogP contribution is -1.95. The summed E-state index contributed by atoms with van der Waals surface area (Å²) in [6, 6.07) is 9.76. The monoisotopic (exact) mass is 289 g/mol. The van der Waals surface area contributed by atoms with E-state index in [0.29, 0.717) is 5.52 Å². The third-order valence-electron chi connectivity index (χ3n) is 2.92. The summed E-state index contributed by atoms with van der Waals surface area (Å²) in [5.41, 5.74) is 0.983. The van der Waals surface area contributed by atoms with Crippen LogP contribution in [0, 0.1) is 10.1 Å². The van der Waals surface area contributed by atoms with Gasteiger partial charge < -0.3 is 10.1 Å². The number of aromatic hydroxyl groups is 1. The number of nitro benzene ring substituents is 1. The first-order valence-corrected chi connectivity index (χ1v) is 6.06. The molecule has 0 aliphatic heterocycles. The summed E-state index contributed by atoms with van der Waals surface area (Å²) in [4.78, 5) is 17.7. The highest BCUT2D eigenvalue weighted by Gasteiger charge is 2.26. The van der Waals surface area contributed by atoms with E-state index in [1.54, 1.807) is 18.2 Å². The molecular formula is C13H8ClN3O3. The molecule has 1 heterocycles. The molecule has 3 rings (SSSR count). The van der Waals surface area contributed by atoms with Crippen LogP contribution in [0.3, 0.4) is 0 Å². The highest BCUT2D eigenvalue weighted by atomic mass is 35.5. The molecule has 7 heteroatoms. The van der Waals surface area contributed by atoms with Crippen LogP contribution in [0.2, 0.25) is 5.02 Å². The molecule has 0 aliphatic rings. The molecule has 2 N–H and O–H groups in total. The standard InChI is InChI=1S/C13H8ClN3O3/c14-7-5-6-10(18)11(12(7)17(19)20)13-15-8-3-1-2-4-9(8)16-13/h1-6,18H,(H,15,16). The summed E-state index contributed by atoms with van der Waals surface area (Å²) in [7, 11) is 0. The first-order valence-electron chi connectivity index (χ1n) is 5.69. The molecule has 0 radical (unpaired) electrons. The number of imidazole rings is 1. The van der Waals surface area contributed by atoms with Gasteiger partial charge in [0.2, 0.25) is 0 Å². The third-order valence-corrected chi connectivity index (χ3v) is 3.22. The molecule has 0 saturated carbocycles. The van der Waals surface area contributed by atoms with Gasteiger partial charge in [0, 0.05) is 0 Å². The fourth-order valence-electron chi connectivity index (χ4n) is 2.04. The summed E-state index contributed by atoms with van der Waals surface area (Å²) < 4.78 is 0. The van der Waals surface area contributed by atoms with Crippen molar-refractivity contribution in [3.63, 3.8) is 0 Å². The van der Waals surface area contributed by atoms with E-state index in [0.717, 1.165) is 5.52 Å². The van der Waals surface area contributed by atoms with Gasteiger partial charge >= 0.3 is 5.69 Å². The van der Waals surface area contributed by atoms with Crippen molar-refractivity contribution in [2.45, 2.75) is 0 Å². The molecule has 1 aromatic heterocycles. The zero-order chi connectivity index (χ0) is 14.3. The minimum Gasteiger partial charge on any atom is -0.507 e. The SMILES string of the molecule is O=[N+]([O-])c1c(Cl)ccc(O)c1-c1nc2ccccc2[nH]1. The number of nitro groups is 1. The largest absolute Gasteiger partial charge is 0.507 e. The number of aromatic nitrogens is 2. The summed E-state index contributed by atoms with van der Waals surface area (Å²) >= 11 is 5.85. The van der Waals surface area contributed by atoms with Crippen LogP contribution >= 0.6 is 11.6 Å². The Morgan fingerprint density at radius 2 is 2.00 bits per heavy atom. The summed E-state index contributed by atoms with van der Waals surface area (Å²) in [6.07, 6.45) is 0. The number of benzene rings is 2. The molecule has 0 amide bonds. The molecule has 0 aliphatic carbocycles. The van der Waals surface area contributed by atoms with E-state index in [4.69, 9.17) is 11.6 Å². The normalized spacial score (nSPS) is 10.8. The molecule has 0 atom stereocenters. The van der Waals surface area contributed by atoms with E-state index in [1.165, 1.54) is 12.1 Å². The van der Waals surface area contributed by atoms with Gasteiger partial charge in [-0.1, -0.05) is 23.7 Å². The van der Waals surface area contributed by atoms with Gasteiger partial charge in [-0.2, -0.15) is 0 Å². The second-order valence-corrected chi connectivity index (χ2v) is 4.56. The molecule has 0 saturated heterocycles. The molecule has 20 heavy (non-hydrogen) atoms. The Labute approximate surface area is 117 Å². The van der Waals surface area contributed by atoms with Crippen molar-refractivity contribution in [2.75, 3.05) is 0 Å². The van der Waals surface area contributed by atoms with Crippen LogP contribution in [0.5, 0.6) is 5.75 Å². The lowest BCUT2D eigenvalue weighted by Gasteiger charge is -2.04. The molecule has 6 nitrogen and oxygen atoms in total. The van der Waals surface area contributed by atoms with E-state index in [2.05, 4.69) is 9.97 Å². The van der Waals surface area contributed by atoms with E-state index < -0.39 is 4.92 Å². The minimum absolute atomic E-state index is 0.0151. The maximum atomic E-state index is 11.2. The van der Waals surface area contributed by atoms with Crippen molar-refractivity contribution in [1.29, 1.82) is 0 Å². The Bertz CT molecular complexity index is 796. The molecular weight excluding hydrogens is 282 g/mol. The number of nitrogens with one attached hydrogen (secondary N) is 1. The van der Waals surface area contributed by atoms with Crippen LogP contribution in [-0.4, -0.2) is 20.0 Å². The van der Waals surface area contributed by atoms with Gasteiger partial charge in [0.05, 0.1) is 16.0 Å². The van der Waals surface area contributed by atoms with Crippen molar-refractivity contribution < 1.29 is 10.0 Å². The van der Waals surface area contributed by atoms with Crippen molar-refractivity contribution in [3.8, 4) is 17.1 Å². The maximum Gasteiger partial charge on any atom is 0.302 e. The predicted octanol–water partition coefficient (Wildman–Crippen LogP) is 3.50. The van der Waals surface area contributed by atoms with Gasteiger partial charge in [-0.25, -0.2) is 4.98 Å². The molecule has 0 bridgehead atoms. The molecule has 0 unspecified atom stereocenters. The average Bonchev–Trinajstić information content (AvgIpc) is 2.83. The number of H-pyrrole nitrogens is 1. The fraction of sp³-hybridized carbons (Fsp3) is 0. The lowest BCUT2D eigenvalue weighted by atomic mass is 10.1. The number of aromatic amines is 1. The predicted molar refractivity (Wildman–Crippen MR) is 74.9 cm³/mol. The van der Waals surface area contributed by atoms with E-state index in [-0.39, 0.29) is 27.8 Å². The van der Waals surface area contributed by atoms with Gasteiger partial charge in [0.25, 0.3) is 0 Å². The quantitative estimate of drug-likeness (QED) is 0.558. The summed E-state index contributed by atoms with van der Waals surface area (Å²) in [5.74, 6) is -0.0435. The second-order valence-electron chi connectivity index (χ2n) is 4.15. The first-order chi connectivity index (χ1) is 9.58. The van der Waals surface area contributed by atoms with Crippen molar-refractivity contribution >= 4 is 28.3 Å². The Kier molecular flexibility index (Phi) is 2.80. The number of hydrogen-bond acceptors (Lipinski definition) is 4. The van der Waals surface area contributed by atoms with Crippen molar-refractivity contribution in [1.82, 2.24) is 9.97 Å². The van der Waals surface area contributed by atoms with Crippen molar-refractivity contribution in [2.24, 2.45) is 0 Å². The van der Waals surface area contributed by atoms with Gasteiger partial charge in [-0.3, -0.25) is 10.1 Å². The van der Waals surface area contributed by atoms with Crippen LogP contribution in [0.1, 0.15) is 0 Å². The van der Waals surface area contributed by atoms with Crippen LogP contribution in [0.25, 0.3) is 22.4 Å². The zero-order valence-corrected chi connectivity index (χ0v) is 10.8. The molecule has 3 aromatic rings. The first kappa shape index (κ1) is 12.4. The van der Waals surface area contributed by atoms with Crippen LogP contribution < -0.4 is 0 Å². The van der Waals surface area contributed by atoms with Gasteiger partial charge in [0.15, 0.2) is 0 Å². The highest BCUT2D eigenvalue weighted by molar-refractivity contribution is 6.33. The summed E-state index contributed by atoms with van der Waals surface area (Å²) in [6.45, 7) is 0. The van der Waals surface area contributed by atoms with Gasteiger partial charge in [-0.05, 0) is 24.3 Å². The summed E-state index contributed by atoms with van der Waals surface area (Å²) in [5, 5.41) is 21.0. The topological polar surface area (TPSA) is 92.1 Å². The Balaban J connectivity index is 2.33. The number of hydrogen-bond donors (Lipinski definition) is 2. The van der Waals surface area contributed by atoms with Gasteiger partial charge in [0.1, 0.15) is 22.2 Å². The van der Waals surface area contributed by atoms with Crippen LogP contribution in [-0.2, 0) is 0 Å². The smallest absolute Gasteiger partial charge is 0.302 e. The maximum absolute atomic E-state index is 11.2. The Hall–Kier alpha value is -2.60. The molecule has 0 fully saturated rings. The minimum atomic E-state index is -0.634. The Morgan fingerprint density at radius 1 is 1.25 bits per heavy atom. The van der Waals surface area contributed by atoms with E-state index >= 15 is 0 Å². The molecule has 100 valence electrons. The van der Waals surface area contributed by atoms with Crippen LogP contribution in [0.4, 0.5) is 5.69 Å². The number of phenols is 1. The number of phenolic OH excluding ortho intramolecular Hbond substituents is 1. The van der Waals surface area contributed by atoms with E-state index in [9.17, 15) is 15.2 Å².